The molecular weight excluding hydrogens is 257 g/mol. The van der Waals surface area contributed by atoms with Gasteiger partial charge >= 0.3 is 12.1 Å². The second-order valence-electron chi connectivity index (χ2n) is 3.75. The number of aromatic amines is 1. The molecule has 2 rings (SSSR count). The van der Waals surface area contributed by atoms with Gasteiger partial charge in [0, 0.05) is 16.5 Å². The summed E-state index contributed by atoms with van der Waals surface area (Å²) in [5.41, 5.74) is -1.62. The molecule has 0 bridgehead atoms. The van der Waals surface area contributed by atoms with Crippen LogP contribution in [0, 0.1) is 0 Å². The number of nitrogens with one attached hydrogen (secondary N) is 1. The Labute approximate surface area is 98.0 Å². The molecule has 0 spiro atoms. The zero-order valence-corrected chi connectivity index (χ0v) is 8.85. The highest BCUT2D eigenvalue weighted by Crippen LogP contribution is 2.45. The summed E-state index contributed by atoms with van der Waals surface area (Å²) in [5, 5.41) is 9.17. The van der Waals surface area contributed by atoms with E-state index < -0.39 is 30.0 Å². The molecule has 0 radical (unpaired) electrons. The molecule has 2 N–H and O–H groups in total. The Morgan fingerprint density at radius 3 is 2.22 bits per heavy atom. The Balaban J connectivity index is 2.72. The van der Waals surface area contributed by atoms with E-state index in [9.17, 15) is 22.0 Å². The number of benzene rings is 1. The normalized spacial score (nSPS) is 13.2. The molecule has 2 nitrogen and oxygen atoms in total. The van der Waals surface area contributed by atoms with E-state index in [0.29, 0.717) is 0 Å². The summed E-state index contributed by atoms with van der Waals surface area (Å²) in [5.74, 6) is -5.02. The number of fused-ring (bicyclic) bond motifs is 1. The fraction of sp³-hybridized carbons (Fsp3) is 0.273. The van der Waals surface area contributed by atoms with E-state index in [1.165, 1.54) is 24.3 Å². The number of para-hydroxylation sites is 1. The predicted octanol–water partition coefficient (Wildman–Crippen LogP) is 3.31. The maximum atomic E-state index is 13.3. The van der Waals surface area contributed by atoms with Crippen LogP contribution in [0.15, 0.2) is 24.3 Å². The average Bonchev–Trinajstić information content (AvgIpc) is 2.66. The summed E-state index contributed by atoms with van der Waals surface area (Å²) in [4.78, 5) is 2.03. The van der Waals surface area contributed by atoms with Gasteiger partial charge in [0.25, 0.3) is 0 Å². The van der Waals surface area contributed by atoms with Crippen LogP contribution >= 0.6 is 0 Å². The standard InChI is InChI=1S/C11H8F5NO/c12-10(13,11(14,15)16)9-7(5-18)6-3-1-2-4-8(6)17-9/h1-4,17-18H,5H2. The first kappa shape index (κ1) is 12.8. The fourth-order valence-corrected chi connectivity index (χ4v) is 1.77. The fourth-order valence-electron chi connectivity index (χ4n) is 1.77. The van der Waals surface area contributed by atoms with Crippen molar-refractivity contribution in [2.45, 2.75) is 18.7 Å². The largest absolute Gasteiger partial charge is 0.459 e. The van der Waals surface area contributed by atoms with Gasteiger partial charge in [0.15, 0.2) is 0 Å². The Morgan fingerprint density at radius 1 is 1.06 bits per heavy atom. The highest BCUT2D eigenvalue weighted by atomic mass is 19.4. The number of hydrogen-bond donors (Lipinski definition) is 2. The number of aliphatic hydroxyl groups excluding tert-OH is 1. The summed E-state index contributed by atoms with van der Waals surface area (Å²) in [6.45, 7) is -0.898. The minimum absolute atomic E-state index is 0.125. The molecule has 0 aliphatic rings. The van der Waals surface area contributed by atoms with Gasteiger partial charge in [-0.25, -0.2) is 0 Å². The number of halogens is 5. The number of H-pyrrole nitrogens is 1. The maximum absolute atomic E-state index is 13.3. The Bertz CT molecular complexity index is 572. The van der Waals surface area contributed by atoms with Gasteiger partial charge < -0.3 is 10.1 Å². The van der Waals surface area contributed by atoms with Crippen molar-refractivity contribution in [1.82, 2.24) is 4.98 Å². The number of aliphatic hydroxyl groups is 1. The highest BCUT2D eigenvalue weighted by Gasteiger charge is 2.60. The molecule has 2 aromatic rings. The zero-order chi connectivity index (χ0) is 13.6. The van der Waals surface area contributed by atoms with Gasteiger partial charge in [0.1, 0.15) is 5.69 Å². The van der Waals surface area contributed by atoms with Gasteiger partial charge in [-0.05, 0) is 6.07 Å². The molecule has 0 saturated carbocycles. The van der Waals surface area contributed by atoms with Crippen molar-refractivity contribution in [2.75, 3.05) is 0 Å². The van der Waals surface area contributed by atoms with Crippen LogP contribution in [0.25, 0.3) is 10.9 Å². The molecule has 98 valence electrons. The molecule has 0 atom stereocenters. The van der Waals surface area contributed by atoms with E-state index in [1.54, 1.807) is 0 Å². The topological polar surface area (TPSA) is 36.0 Å². The van der Waals surface area contributed by atoms with Gasteiger partial charge in [0.2, 0.25) is 0 Å². The summed E-state index contributed by atoms with van der Waals surface area (Å²) >= 11 is 0. The third-order valence-electron chi connectivity index (χ3n) is 2.64. The third kappa shape index (κ3) is 1.74. The van der Waals surface area contributed by atoms with Crippen molar-refractivity contribution >= 4 is 10.9 Å². The van der Waals surface area contributed by atoms with Crippen LogP contribution in [0.2, 0.25) is 0 Å². The lowest BCUT2D eigenvalue weighted by molar-refractivity contribution is -0.291. The van der Waals surface area contributed by atoms with Crippen LogP contribution in [-0.2, 0) is 12.5 Å². The first-order chi connectivity index (χ1) is 8.29. The predicted molar refractivity (Wildman–Crippen MR) is 54.2 cm³/mol. The minimum atomic E-state index is -5.71. The molecular formula is C11H8F5NO. The van der Waals surface area contributed by atoms with Crippen LogP contribution in [0.1, 0.15) is 11.3 Å². The lowest BCUT2D eigenvalue weighted by Crippen LogP contribution is -2.34. The van der Waals surface area contributed by atoms with Crippen molar-refractivity contribution in [3.63, 3.8) is 0 Å². The molecule has 0 amide bonds. The van der Waals surface area contributed by atoms with Gasteiger partial charge in [-0.2, -0.15) is 22.0 Å². The summed E-state index contributed by atoms with van der Waals surface area (Å²) in [7, 11) is 0. The Kier molecular flexibility index (Phi) is 2.81. The smallest absolute Gasteiger partial charge is 0.392 e. The quantitative estimate of drug-likeness (QED) is 0.803. The summed E-state index contributed by atoms with van der Waals surface area (Å²) in [6.07, 6.45) is -5.71. The van der Waals surface area contributed by atoms with E-state index in [4.69, 9.17) is 5.11 Å². The molecule has 1 aromatic carbocycles. The average molecular weight is 265 g/mol. The van der Waals surface area contributed by atoms with Crippen LogP contribution in [0.3, 0.4) is 0 Å². The van der Waals surface area contributed by atoms with Crippen LogP contribution in [-0.4, -0.2) is 16.3 Å². The lowest BCUT2D eigenvalue weighted by atomic mass is 10.1. The van der Waals surface area contributed by atoms with E-state index in [1.807, 2.05) is 4.98 Å². The number of alkyl halides is 5. The molecule has 1 aromatic heterocycles. The van der Waals surface area contributed by atoms with E-state index >= 15 is 0 Å². The highest BCUT2D eigenvalue weighted by molar-refractivity contribution is 5.84. The van der Waals surface area contributed by atoms with E-state index in [2.05, 4.69) is 0 Å². The molecule has 7 heteroatoms. The van der Waals surface area contributed by atoms with Crippen molar-refractivity contribution in [3.05, 3.63) is 35.5 Å². The Hall–Kier alpha value is -1.63. The first-order valence-electron chi connectivity index (χ1n) is 4.94. The van der Waals surface area contributed by atoms with Crippen LogP contribution in [0.5, 0.6) is 0 Å². The van der Waals surface area contributed by atoms with Crippen molar-refractivity contribution < 1.29 is 27.1 Å². The summed E-state index contributed by atoms with van der Waals surface area (Å²) in [6, 6.07) is 5.72. The van der Waals surface area contributed by atoms with Crippen LogP contribution < -0.4 is 0 Å². The van der Waals surface area contributed by atoms with Gasteiger partial charge in [-0.15, -0.1) is 0 Å². The van der Waals surface area contributed by atoms with Gasteiger partial charge in [-0.3, -0.25) is 0 Å². The molecule has 0 aliphatic carbocycles. The number of aromatic nitrogens is 1. The molecule has 18 heavy (non-hydrogen) atoms. The Morgan fingerprint density at radius 2 is 1.67 bits per heavy atom. The molecule has 0 fully saturated rings. The van der Waals surface area contributed by atoms with Gasteiger partial charge in [-0.1, -0.05) is 18.2 Å². The molecule has 0 saturated heterocycles. The van der Waals surface area contributed by atoms with Gasteiger partial charge in [0.05, 0.1) is 6.61 Å². The van der Waals surface area contributed by atoms with Crippen LogP contribution in [0.4, 0.5) is 22.0 Å². The minimum Gasteiger partial charge on any atom is -0.392 e. The maximum Gasteiger partial charge on any atom is 0.459 e. The molecule has 1 heterocycles. The van der Waals surface area contributed by atoms with Crippen molar-refractivity contribution in [2.24, 2.45) is 0 Å². The molecule has 0 aliphatic heterocycles. The summed E-state index contributed by atoms with van der Waals surface area (Å²) < 4.78 is 63.5. The van der Waals surface area contributed by atoms with Crippen molar-refractivity contribution in [3.8, 4) is 0 Å². The SMILES string of the molecule is OCc1c(C(F)(F)C(F)(F)F)[nH]c2ccccc12. The lowest BCUT2D eigenvalue weighted by Gasteiger charge is -2.19. The second kappa shape index (κ2) is 3.94. The number of rotatable bonds is 2. The number of hydrogen-bond acceptors (Lipinski definition) is 1. The first-order valence-corrected chi connectivity index (χ1v) is 4.94. The van der Waals surface area contributed by atoms with Crippen molar-refractivity contribution in [1.29, 1.82) is 0 Å². The monoisotopic (exact) mass is 265 g/mol. The third-order valence-corrected chi connectivity index (χ3v) is 2.64. The zero-order valence-electron chi connectivity index (χ0n) is 8.85. The second-order valence-corrected chi connectivity index (χ2v) is 3.75. The van der Waals surface area contributed by atoms with E-state index in [0.717, 1.165) is 0 Å². The van der Waals surface area contributed by atoms with E-state index in [-0.39, 0.29) is 10.9 Å². The molecule has 0 unspecified atom stereocenters.